The number of ether oxygens (including phenoxy) is 2. The quantitative estimate of drug-likeness (QED) is 0.703. The maximum atomic E-state index is 11.5. The van der Waals surface area contributed by atoms with E-state index in [4.69, 9.17) is 9.47 Å². The smallest absolute Gasteiger partial charge is 0.269 e. The lowest BCUT2D eigenvalue weighted by Crippen LogP contribution is -2.49. The Kier molecular flexibility index (Phi) is 4.07. The van der Waals surface area contributed by atoms with Gasteiger partial charge in [0.2, 0.25) is 0 Å². The van der Waals surface area contributed by atoms with E-state index >= 15 is 0 Å². The first-order valence-corrected chi connectivity index (χ1v) is 7.71. The van der Waals surface area contributed by atoms with E-state index < -0.39 is 15.7 Å². The second kappa shape index (κ2) is 5.22. The van der Waals surface area contributed by atoms with Crippen LogP contribution in [-0.2, 0) is 23.8 Å². The van der Waals surface area contributed by atoms with Crippen LogP contribution in [0.5, 0.6) is 0 Å². The summed E-state index contributed by atoms with van der Waals surface area (Å²) in [6, 6.07) is 0. The first-order chi connectivity index (χ1) is 8.05. The van der Waals surface area contributed by atoms with Gasteiger partial charge in [-0.2, -0.15) is 8.42 Å². The van der Waals surface area contributed by atoms with Crippen molar-refractivity contribution in [1.82, 2.24) is 0 Å². The number of hydrogen-bond donors (Lipinski definition) is 0. The molecule has 0 N–H and O–H groups in total. The topological polar surface area (TPSA) is 61.8 Å². The average molecular weight is 264 g/mol. The van der Waals surface area contributed by atoms with Gasteiger partial charge in [-0.3, -0.25) is 4.18 Å². The lowest BCUT2D eigenvalue weighted by atomic mass is 9.81. The first-order valence-electron chi connectivity index (χ1n) is 6.13. The van der Waals surface area contributed by atoms with Crippen LogP contribution in [0, 0.1) is 0 Å². The van der Waals surface area contributed by atoms with Crippen LogP contribution in [0.2, 0.25) is 0 Å². The van der Waals surface area contributed by atoms with Gasteiger partial charge < -0.3 is 9.47 Å². The third-order valence-electron chi connectivity index (χ3n) is 3.48. The van der Waals surface area contributed by atoms with Crippen molar-refractivity contribution < 1.29 is 22.1 Å². The molecule has 1 aliphatic heterocycles. The Labute approximate surface area is 103 Å². The van der Waals surface area contributed by atoms with Crippen molar-refractivity contribution in [3.8, 4) is 0 Å². The van der Waals surface area contributed by atoms with Crippen LogP contribution < -0.4 is 0 Å². The first kappa shape index (κ1) is 13.3. The van der Waals surface area contributed by atoms with E-state index in [0.717, 1.165) is 38.5 Å². The molecule has 1 atom stereocenters. The molecule has 0 bridgehead atoms. The van der Waals surface area contributed by atoms with Crippen LogP contribution in [0.25, 0.3) is 0 Å². The summed E-state index contributed by atoms with van der Waals surface area (Å²) in [6.07, 6.45) is 5.31. The van der Waals surface area contributed by atoms with Gasteiger partial charge in [-0.05, 0) is 38.5 Å². The van der Waals surface area contributed by atoms with Gasteiger partial charge in [0.25, 0.3) is 10.1 Å². The Hall–Kier alpha value is -0.170. The minimum absolute atomic E-state index is 0.0592. The number of rotatable bonds is 5. The van der Waals surface area contributed by atoms with Crippen LogP contribution in [0.4, 0.5) is 0 Å². The third-order valence-corrected chi connectivity index (χ3v) is 4.87. The zero-order valence-corrected chi connectivity index (χ0v) is 11.0. The lowest BCUT2D eigenvalue weighted by molar-refractivity contribution is -0.238. The monoisotopic (exact) mass is 264 g/mol. The third kappa shape index (κ3) is 3.40. The van der Waals surface area contributed by atoms with Gasteiger partial charge in [0.15, 0.2) is 6.29 Å². The highest BCUT2D eigenvalue weighted by Gasteiger charge is 2.44. The van der Waals surface area contributed by atoms with Crippen LogP contribution in [0.3, 0.4) is 0 Å². The van der Waals surface area contributed by atoms with Crippen molar-refractivity contribution in [2.75, 3.05) is 19.5 Å². The Morgan fingerprint density at radius 3 is 2.53 bits per heavy atom. The van der Waals surface area contributed by atoms with Crippen molar-refractivity contribution in [2.45, 2.75) is 50.4 Å². The average Bonchev–Trinajstić information content (AvgIpc) is 2.27. The molecule has 100 valence electrons. The second-order valence-corrected chi connectivity index (χ2v) is 6.56. The fraction of sp³-hybridized carbons (Fsp3) is 1.00. The van der Waals surface area contributed by atoms with Gasteiger partial charge in [-0.15, -0.1) is 0 Å². The van der Waals surface area contributed by atoms with Gasteiger partial charge in [0.05, 0.1) is 12.7 Å². The molecule has 5 nitrogen and oxygen atoms in total. The summed E-state index contributed by atoms with van der Waals surface area (Å²) in [5.41, 5.74) is -0.573. The molecule has 1 heterocycles. The predicted molar refractivity (Wildman–Crippen MR) is 62.1 cm³/mol. The van der Waals surface area contributed by atoms with E-state index in [1.54, 1.807) is 0 Å². The zero-order valence-electron chi connectivity index (χ0n) is 10.2. The Morgan fingerprint density at radius 2 is 2.06 bits per heavy atom. The molecule has 0 spiro atoms. The predicted octanol–water partition coefficient (Wildman–Crippen LogP) is 1.43. The Bertz CT molecular complexity index is 341. The molecule has 0 aromatic rings. The zero-order chi connectivity index (χ0) is 12.4. The molecule has 1 aliphatic carbocycles. The van der Waals surface area contributed by atoms with E-state index in [9.17, 15) is 8.42 Å². The lowest BCUT2D eigenvalue weighted by Gasteiger charge is -2.43. The maximum absolute atomic E-state index is 11.5. The summed E-state index contributed by atoms with van der Waals surface area (Å²) in [5, 5.41) is 0. The van der Waals surface area contributed by atoms with Crippen molar-refractivity contribution in [1.29, 1.82) is 0 Å². The Morgan fingerprint density at radius 1 is 1.29 bits per heavy atom. The summed E-state index contributed by atoms with van der Waals surface area (Å²) in [7, 11) is -2.28. The Balaban J connectivity index is 1.94. The van der Waals surface area contributed by atoms with Gasteiger partial charge in [-0.1, -0.05) is 0 Å². The van der Waals surface area contributed by atoms with Crippen molar-refractivity contribution >= 4 is 10.1 Å². The molecule has 17 heavy (non-hydrogen) atoms. The SMILES string of the molecule is COS(=O)(=O)CC1(OC2CCCCO2)CCC1. The van der Waals surface area contributed by atoms with Gasteiger partial charge in [0, 0.05) is 6.61 Å². The van der Waals surface area contributed by atoms with E-state index in [1.807, 2.05) is 0 Å². The summed E-state index contributed by atoms with van der Waals surface area (Å²) in [4.78, 5) is 0. The summed E-state index contributed by atoms with van der Waals surface area (Å²) in [6.45, 7) is 0.706. The molecule has 2 rings (SSSR count). The molecule has 2 fully saturated rings. The highest BCUT2D eigenvalue weighted by Crippen LogP contribution is 2.39. The second-order valence-electron chi connectivity index (χ2n) is 4.82. The number of hydrogen-bond acceptors (Lipinski definition) is 5. The summed E-state index contributed by atoms with van der Waals surface area (Å²) in [5.74, 6) is -0.0592. The van der Waals surface area contributed by atoms with Crippen LogP contribution >= 0.6 is 0 Å². The molecule has 2 aliphatic rings. The van der Waals surface area contributed by atoms with Crippen LogP contribution in [0.1, 0.15) is 38.5 Å². The highest BCUT2D eigenvalue weighted by molar-refractivity contribution is 7.86. The van der Waals surface area contributed by atoms with Gasteiger partial charge in [-0.25, -0.2) is 0 Å². The molecular formula is C11H20O5S. The molecular weight excluding hydrogens is 244 g/mol. The van der Waals surface area contributed by atoms with Crippen molar-refractivity contribution in [2.24, 2.45) is 0 Å². The van der Waals surface area contributed by atoms with E-state index in [-0.39, 0.29) is 12.0 Å². The molecule has 1 saturated heterocycles. The van der Waals surface area contributed by atoms with E-state index in [1.165, 1.54) is 7.11 Å². The minimum Gasteiger partial charge on any atom is -0.353 e. The minimum atomic E-state index is -3.47. The van der Waals surface area contributed by atoms with Crippen LogP contribution in [0.15, 0.2) is 0 Å². The van der Waals surface area contributed by atoms with E-state index in [2.05, 4.69) is 4.18 Å². The molecule has 0 aromatic heterocycles. The highest BCUT2D eigenvalue weighted by atomic mass is 32.2. The van der Waals surface area contributed by atoms with Gasteiger partial charge >= 0.3 is 0 Å². The fourth-order valence-corrected chi connectivity index (χ4v) is 3.45. The molecule has 1 unspecified atom stereocenters. The molecule has 0 radical (unpaired) electrons. The summed E-state index contributed by atoms with van der Waals surface area (Å²) >= 11 is 0. The van der Waals surface area contributed by atoms with Crippen molar-refractivity contribution in [3.05, 3.63) is 0 Å². The van der Waals surface area contributed by atoms with E-state index in [0.29, 0.717) is 6.61 Å². The molecule has 6 heteroatoms. The standard InChI is InChI=1S/C11H20O5S/c1-14-17(12,13)9-11(6-4-7-11)16-10-5-2-3-8-15-10/h10H,2-9H2,1H3. The summed E-state index contributed by atoms with van der Waals surface area (Å²) < 4.78 is 38.9. The largest absolute Gasteiger partial charge is 0.353 e. The molecule has 1 saturated carbocycles. The molecule has 0 aromatic carbocycles. The molecule has 0 amide bonds. The maximum Gasteiger partial charge on any atom is 0.269 e. The van der Waals surface area contributed by atoms with Gasteiger partial charge in [0.1, 0.15) is 5.75 Å². The fourth-order valence-electron chi connectivity index (χ4n) is 2.33. The van der Waals surface area contributed by atoms with Crippen molar-refractivity contribution in [3.63, 3.8) is 0 Å². The normalized spacial score (nSPS) is 28.6. The van der Waals surface area contributed by atoms with Crippen LogP contribution in [-0.4, -0.2) is 39.8 Å².